The number of nitrogens with one attached hydrogen (secondary N) is 1. The van der Waals surface area contributed by atoms with E-state index in [9.17, 15) is 9.90 Å². The minimum atomic E-state index is -0.478. The van der Waals surface area contributed by atoms with E-state index < -0.39 is 5.60 Å². The smallest absolute Gasteiger partial charge is 0.407 e. The third-order valence-corrected chi connectivity index (χ3v) is 4.78. The molecule has 3 atom stereocenters. The molecule has 128 valence electrons. The Kier molecular flexibility index (Phi) is 5.72. The zero-order chi connectivity index (χ0) is 16.3. The fraction of sp³-hybridized carbons (Fsp3) is 0.941. The Morgan fingerprint density at radius 1 is 1.18 bits per heavy atom. The van der Waals surface area contributed by atoms with Crippen molar-refractivity contribution in [2.24, 2.45) is 5.92 Å². The average molecular weight is 312 g/mol. The van der Waals surface area contributed by atoms with Gasteiger partial charge in [-0.1, -0.05) is 6.92 Å². The molecule has 2 fully saturated rings. The van der Waals surface area contributed by atoms with Crippen molar-refractivity contribution >= 4 is 6.09 Å². The molecule has 1 heterocycles. The first kappa shape index (κ1) is 17.5. The molecule has 1 saturated carbocycles. The molecule has 1 saturated heterocycles. The van der Waals surface area contributed by atoms with Gasteiger partial charge in [0.25, 0.3) is 0 Å². The van der Waals surface area contributed by atoms with E-state index >= 15 is 0 Å². The van der Waals surface area contributed by atoms with Gasteiger partial charge in [-0.25, -0.2) is 4.79 Å². The molecule has 2 aliphatic rings. The van der Waals surface area contributed by atoms with E-state index in [0.717, 1.165) is 38.3 Å². The van der Waals surface area contributed by atoms with Crippen LogP contribution in [-0.4, -0.2) is 53.0 Å². The maximum absolute atomic E-state index is 12.1. The number of rotatable bonds is 2. The summed E-state index contributed by atoms with van der Waals surface area (Å²) in [7, 11) is 0. The van der Waals surface area contributed by atoms with Crippen LogP contribution in [0.4, 0.5) is 4.79 Å². The standard InChI is InChI=1S/C17H32N2O3/c1-12-7-9-19(10-8-12)15-11-13(20)5-6-14(15)18-16(21)22-17(2,3)4/h12-15,20H,5-11H2,1-4H3,(H,18,21). The lowest BCUT2D eigenvalue weighted by Crippen LogP contribution is -2.57. The van der Waals surface area contributed by atoms with Crippen LogP contribution in [0.3, 0.4) is 0 Å². The second kappa shape index (κ2) is 7.18. The highest BCUT2D eigenvalue weighted by Gasteiger charge is 2.36. The predicted molar refractivity (Wildman–Crippen MR) is 86.8 cm³/mol. The van der Waals surface area contributed by atoms with Gasteiger partial charge in [0.1, 0.15) is 5.60 Å². The number of hydrogen-bond donors (Lipinski definition) is 2. The average Bonchev–Trinajstić information content (AvgIpc) is 2.40. The Bertz CT molecular complexity index is 373. The Labute approximate surface area is 134 Å². The Morgan fingerprint density at radius 2 is 1.82 bits per heavy atom. The first-order chi connectivity index (χ1) is 10.2. The molecule has 2 rings (SSSR count). The molecular formula is C17H32N2O3. The number of carbonyl (C=O) groups is 1. The zero-order valence-electron chi connectivity index (χ0n) is 14.5. The van der Waals surface area contributed by atoms with Crippen molar-refractivity contribution in [3.8, 4) is 0 Å². The summed E-state index contributed by atoms with van der Waals surface area (Å²) in [6, 6.07) is 0.301. The summed E-state index contributed by atoms with van der Waals surface area (Å²) in [6.45, 7) is 10.0. The van der Waals surface area contributed by atoms with Gasteiger partial charge >= 0.3 is 6.09 Å². The highest BCUT2D eigenvalue weighted by molar-refractivity contribution is 5.68. The number of nitrogens with zero attached hydrogens (tertiary/aromatic N) is 1. The molecule has 0 radical (unpaired) electrons. The molecule has 22 heavy (non-hydrogen) atoms. The van der Waals surface area contributed by atoms with Crippen LogP contribution in [0.2, 0.25) is 0 Å². The number of ether oxygens (including phenoxy) is 1. The summed E-state index contributed by atoms with van der Waals surface area (Å²) in [6.07, 6.45) is 4.12. The van der Waals surface area contributed by atoms with Crippen LogP contribution in [-0.2, 0) is 4.74 Å². The molecule has 1 aliphatic heterocycles. The van der Waals surface area contributed by atoms with Gasteiger partial charge in [0.05, 0.1) is 6.10 Å². The predicted octanol–water partition coefficient (Wildman–Crippen LogP) is 2.53. The van der Waals surface area contributed by atoms with Crippen molar-refractivity contribution in [2.75, 3.05) is 13.1 Å². The Morgan fingerprint density at radius 3 is 2.41 bits per heavy atom. The third kappa shape index (κ3) is 5.13. The second-order valence-electron chi connectivity index (χ2n) is 8.01. The molecule has 0 bridgehead atoms. The maximum atomic E-state index is 12.1. The molecule has 5 nitrogen and oxygen atoms in total. The normalized spacial score (nSPS) is 31.8. The zero-order valence-corrected chi connectivity index (χ0v) is 14.5. The van der Waals surface area contributed by atoms with Gasteiger partial charge in [-0.15, -0.1) is 0 Å². The number of aliphatic hydroxyl groups excluding tert-OH is 1. The monoisotopic (exact) mass is 312 g/mol. The van der Waals surface area contributed by atoms with Crippen molar-refractivity contribution in [3.63, 3.8) is 0 Å². The number of likely N-dealkylation sites (tertiary alicyclic amines) is 1. The van der Waals surface area contributed by atoms with Crippen LogP contribution >= 0.6 is 0 Å². The van der Waals surface area contributed by atoms with E-state index in [1.165, 1.54) is 12.8 Å². The lowest BCUT2D eigenvalue weighted by Gasteiger charge is -2.44. The highest BCUT2D eigenvalue weighted by Crippen LogP contribution is 2.28. The van der Waals surface area contributed by atoms with Gasteiger partial charge in [0.2, 0.25) is 0 Å². The summed E-state index contributed by atoms with van der Waals surface area (Å²) in [4.78, 5) is 14.5. The highest BCUT2D eigenvalue weighted by atomic mass is 16.6. The fourth-order valence-corrected chi connectivity index (χ4v) is 3.52. The number of aliphatic hydroxyl groups is 1. The van der Waals surface area contributed by atoms with Crippen molar-refractivity contribution in [1.82, 2.24) is 10.2 Å². The van der Waals surface area contributed by atoms with Crippen LogP contribution in [0.15, 0.2) is 0 Å². The molecule has 2 N–H and O–H groups in total. The summed E-state index contributed by atoms with van der Waals surface area (Å²) in [5.74, 6) is 0.780. The van der Waals surface area contributed by atoms with E-state index in [4.69, 9.17) is 4.74 Å². The molecule has 0 aromatic carbocycles. The van der Waals surface area contributed by atoms with Crippen LogP contribution in [0.25, 0.3) is 0 Å². The fourth-order valence-electron chi connectivity index (χ4n) is 3.52. The van der Waals surface area contributed by atoms with E-state index in [0.29, 0.717) is 0 Å². The maximum Gasteiger partial charge on any atom is 0.407 e. The van der Waals surface area contributed by atoms with Gasteiger partial charge in [-0.05, 0) is 71.9 Å². The molecule has 0 spiro atoms. The van der Waals surface area contributed by atoms with E-state index in [-0.39, 0.29) is 24.3 Å². The van der Waals surface area contributed by atoms with Gasteiger partial charge in [0.15, 0.2) is 0 Å². The van der Waals surface area contributed by atoms with Gasteiger partial charge in [-0.3, -0.25) is 4.90 Å². The van der Waals surface area contributed by atoms with Crippen LogP contribution in [0.5, 0.6) is 0 Å². The largest absolute Gasteiger partial charge is 0.444 e. The summed E-state index contributed by atoms with van der Waals surface area (Å²) in [5.41, 5.74) is -0.478. The molecule has 5 heteroatoms. The quantitative estimate of drug-likeness (QED) is 0.822. The van der Waals surface area contributed by atoms with Gasteiger partial charge in [-0.2, -0.15) is 0 Å². The summed E-state index contributed by atoms with van der Waals surface area (Å²) >= 11 is 0. The van der Waals surface area contributed by atoms with E-state index in [2.05, 4.69) is 17.1 Å². The SMILES string of the molecule is CC1CCN(C2CC(O)CCC2NC(=O)OC(C)(C)C)CC1. The molecule has 0 aromatic rings. The molecule has 3 unspecified atom stereocenters. The number of alkyl carbamates (subject to hydrolysis) is 1. The Balaban J connectivity index is 1.96. The number of piperidine rings is 1. The first-order valence-electron chi connectivity index (χ1n) is 8.66. The van der Waals surface area contributed by atoms with Crippen molar-refractivity contribution in [2.45, 2.75) is 83.6 Å². The number of carbonyl (C=O) groups excluding carboxylic acids is 1. The van der Waals surface area contributed by atoms with Crippen LogP contribution < -0.4 is 5.32 Å². The lowest BCUT2D eigenvalue weighted by molar-refractivity contribution is 0.0143. The van der Waals surface area contributed by atoms with E-state index in [1.807, 2.05) is 20.8 Å². The van der Waals surface area contributed by atoms with E-state index in [1.54, 1.807) is 0 Å². The van der Waals surface area contributed by atoms with Crippen LogP contribution in [0, 0.1) is 5.92 Å². The Hall–Kier alpha value is -0.810. The minimum absolute atomic E-state index is 0.0756. The minimum Gasteiger partial charge on any atom is -0.444 e. The van der Waals surface area contributed by atoms with Crippen molar-refractivity contribution in [3.05, 3.63) is 0 Å². The lowest BCUT2D eigenvalue weighted by atomic mass is 9.85. The first-order valence-corrected chi connectivity index (χ1v) is 8.66. The molecule has 1 amide bonds. The second-order valence-corrected chi connectivity index (χ2v) is 8.01. The third-order valence-electron chi connectivity index (χ3n) is 4.78. The topological polar surface area (TPSA) is 61.8 Å². The number of amides is 1. The van der Waals surface area contributed by atoms with Crippen LogP contribution in [0.1, 0.15) is 59.8 Å². The molecule has 0 aromatic heterocycles. The summed E-state index contributed by atoms with van der Waals surface area (Å²) < 4.78 is 5.39. The van der Waals surface area contributed by atoms with Crippen molar-refractivity contribution in [1.29, 1.82) is 0 Å². The van der Waals surface area contributed by atoms with Gasteiger partial charge in [0, 0.05) is 12.1 Å². The molecular weight excluding hydrogens is 280 g/mol. The van der Waals surface area contributed by atoms with Crippen molar-refractivity contribution < 1.29 is 14.6 Å². The molecule has 1 aliphatic carbocycles. The number of hydrogen-bond acceptors (Lipinski definition) is 4. The van der Waals surface area contributed by atoms with Gasteiger partial charge < -0.3 is 15.2 Å². The summed E-state index contributed by atoms with van der Waals surface area (Å²) in [5, 5.41) is 13.1.